The quantitative estimate of drug-likeness (QED) is 0.733. The maximum absolute atomic E-state index is 12.8. The van der Waals surface area contributed by atoms with Gasteiger partial charge in [-0.15, -0.1) is 0 Å². The highest BCUT2D eigenvalue weighted by atomic mass is 35.5. The molecule has 0 unspecified atom stereocenters. The molecule has 2 aromatic carbocycles. The highest BCUT2D eigenvalue weighted by molar-refractivity contribution is 6.31. The molecule has 8 heteroatoms. The molecule has 0 fully saturated rings. The number of aryl methyl sites for hydroxylation is 2. The molecule has 0 aliphatic rings. The van der Waals surface area contributed by atoms with Crippen LogP contribution in [-0.4, -0.2) is 11.8 Å². The molecule has 2 aromatic rings. The summed E-state index contributed by atoms with van der Waals surface area (Å²) in [6.45, 7) is 3.81. The van der Waals surface area contributed by atoms with Crippen LogP contribution in [0, 0.1) is 13.8 Å². The lowest BCUT2D eigenvalue weighted by molar-refractivity contribution is -0.137. The Morgan fingerprint density at radius 3 is 2.00 bits per heavy atom. The summed E-state index contributed by atoms with van der Waals surface area (Å²) in [6.07, 6.45) is -5.17. The standard InChI is InChI=1S/C18H16ClF3N2O2/c1-10-3-4-12(7-11(10)2)23-16(25)9-17(26)24-13-5-6-15(19)14(8-13)18(20,21)22/h3-8H,9H2,1-2H3,(H,23,25)(H,24,26). The van der Waals surface area contributed by atoms with E-state index in [4.69, 9.17) is 11.6 Å². The Labute approximate surface area is 153 Å². The summed E-state index contributed by atoms with van der Waals surface area (Å²) < 4.78 is 38.5. The van der Waals surface area contributed by atoms with Gasteiger partial charge in [-0.25, -0.2) is 0 Å². The molecule has 2 rings (SSSR count). The summed E-state index contributed by atoms with van der Waals surface area (Å²) >= 11 is 5.52. The molecule has 0 spiro atoms. The summed E-state index contributed by atoms with van der Waals surface area (Å²) in [5.41, 5.74) is 1.43. The minimum atomic E-state index is -4.64. The number of amides is 2. The lowest BCUT2D eigenvalue weighted by atomic mass is 10.1. The van der Waals surface area contributed by atoms with Crippen LogP contribution < -0.4 is 10.6 Å². The molecule has 26 heavy (non-hydrogen) atoms. The fourth-order valence-corrected chi connectivity index (χ4v) is 2.42. The molecule has 2 amide bonds. The summed E-state index contributed by atoms with van der Waals surface area (Å²) in [4.78, 5) is 23.8. The number of rotatable bonds is 4. The Morgan fingerprint density at radius 1 is 0.923 bits per heavy atom. The van der Waals surface area contributed by atoms with Crippen molar-refractivity contribution in [3.05, 3.63) is 58.1 Å². The van der Waals surface area contributed by atoms with Crippen LogP contribution in [0.15, 0.2) is 36.4 Å². The van der Waals surface area contributed by atoms with Gasteiger partial charge in [0.25, 0.3) is 0 Å². The third kappa shape index (κ3) is 5.23. The second kappa shape index (κ2) is 7.78. The molecule has 0 radical (unpaired) electrons. The average molecular weight is 385 g/mol. The highest BCUT2D eigenvalue weighted by Gasteiger charge is 2.33. The number of hydrogen-bond acceptors (Lipinski definition) is 2. The molecule has 2 N–H and O–H groups in total. The van der Waals surface area contributed by atoms with Crippen LogP contribution in [0.2, 0.25) is 5.02 Å². The lowest BCUT2D eigenvalue weighted by Crippen LogP contribution is -2.21. The smallest absolute Gasteiger partial charge is 0.326 e. The summed E-state index contributed by atoms with van der Waals surface area (Å²) in [5.74, 6) is -1.31. The van der Waals surface area contributed by atoms with Crippen LogP contribution in [0.1, 0.15) is 23.1 Å². The van der Waals surface area contributed by atoms with Crippen molar-refractivity contribution in [3.63, 3.8) is 0 Å². The number of anilines is 2. The van der Waals surface area contributed by atoms with Gasteiger partial charge < -0.3 is 10.6 Å². The Hall–Kier alpha value is -2.54. The molecule has 0 aliphatic carbocycles. The van der Waals surface area contributed by atoms with Gasteiger partial charge in [0, 0.05) is 11.4 Å². The predicted molar refractivity (Wildman–Crippen MR) is 94.2 cm³/mol. The molecule has 0 aromatic heterocycles. The van der Waals surface area contributed by atoms with Gasteiger partial charge >= 0.3 is 6.18 Å². The van der Waals surface area contributed by atoms with Crippen LogP contribution in [0.4, 0.5) is 24.5 Å². The van der Waals surface area contributed by atoms with E-state index in [0.717, 1.165) is 23.3 Å². The van der Waals surface area contributed by atoms with Gasteiger partial charge in [-0.1, -0.05) is 17.7 Å². The minimum absolute atomic E-state index is 0.0919. The fourth-order valence-electron chi connectivity index (χ4n) is 2.20. The molecule has 4 nitrogen and oxygen atoms in total. The van der Waals surface area contributed by atoms with Crippen molar-refractivity contribution >= 4 is 34.8 Å². The van der Waals surface area contributed by atoms with E-state index in [0.29, 0.717) is 5.69 Å². The van der Waals surface area contributed by atoms with Crippen molar-refractivity contribution < 1.29 is 22.8 Å². The van der Waals surface area contributed by atoms with E-state index >= 15 is 0 Å². The van der Waals surface area contributed by atoms with E-state index in [1.807, 2.05) is 19.9 Å². The topological polar surface area (TPSA) is 58.2 Å². The highest BCUT2D eigenvalue weighted by Crippen LogP contribution is 2.36. The summed E-state index contributed by atoms with van der Waals surface area (Å²) in [7, 11) is 0. The van der Waals surface area contributed by atoms with Gasteiger partial charge in [-0.3, -0.25) is 9.59 Å². The zero-order valence-corrected chi connectivity index (χ0v) is 14.8. The number of carbonyl (C=O) groups is 2. The van der Waals surface area contributed by atoms with Crippen LogP contribution in [0.3, 0.4) is 0 Å². The van der Waals surface area contributed by atoms with Crippen molar-refractivity contribution in [2.75, 3.05) is 10.6 Å². The predicted octanol–water partition coefficient (Wildman–Crippen LogP) is 4.94. The lowest BCUT2D eigenvalue weighted by Gasteiger charge is -2.12. The third-order valence-electron chi connectivity index (χ3n) is 3.67. The van der Waals surface area contributed by atoms with Crippen LogP contribution in [0.25, 0.3) is 0 Å². The van der Waals surface area contributed by atoms with Crippen molar-refractivity contribution in [2.45, 2.75) is 26.4 Å². The first-order valence-corrected chi connectivity index (χ1v) is 7.98. The van der Waals surface area contributed by atoms with E-state index in [2.05, 4.69) is 10.6 Å². The van der Waals surface area contributed by atoms with Crippen LogP contribution in [-0.2, 0) is 15.8 Å². The van der Waals surface area contributed by atoms with Gasteiger partial charge in [0.05, 0.1) is 10.6 Å². The van der Waals surface area contributed by atoms with E-state index in [1.165, 1.54) is 6.07 Å². The van der Waals surface area contributed by atoms with Crippen LogP contribution >= 0.6 is 11.6 Å². The molecular formula is C18H16ClF3N2O2. The van der Waals surface area contributed by atoms with Gasteiger partial charge in [-0.2, -0.15) is 13.2 Å². The monoisotopic (exact) mass is 384 g/mol. The first-order chi connectivity index (χ1) is 12.1. The fraction of sp³-hybridized carbons (Fsp3) is 0.222. The first kappa shape index (κ1) is 19.8. The molecular weight excluding hydrogens is 369 g/mol. The molecule has 0 saturated carbocycles. The van der Waals surface area contributed by atoms with Crippen molar-refractivity contribution in [3.8, 4) is 0 Å². The van der Waals surface area contributed by atoms with E-state index < -0.39 is 35.0 Å². The van der Waals surface area contributed by atoms with Gasteiger partial charge in [0.15, 0.2) is 0 Å². The molecule has 0 atom stereocenters. The molecule has 0 aliphatic heterocycles. The Bertz CT molecular complexity index is 851. The van der Waals surface area contributed by atoms with Gasteiger partial charge in [0.2, 0.25) is 11.8 Å². The number of alkyl halides is 3. The molecule has 0 bridgehead atoms. The van der Waals surface area contributed by atoms with E-state index in [9.17, 15) is 22.8 Å². The molecule has 138 valence electrons. The number of benzene rings is 2. The SMILES string of the molecule is Cc1ccc(NC(=O)CC(=O)Nc2ccc(Cl)c(C(F)(F)F)c2)cc1C. The van der Waals surface area contributed by atoms with Crippen molar-refractivity contribution in [2.24, 2.45) is 0 Å². The molecule has 0 saturated heterocycles. The number of halogens is 4. The normalized spacial score (nSPS) is 11.2. The Kier molecular flexibility index (Phi) is 5.92. The second-order valence-corrected chi connectivity index (χ2v) is 6.17. The minimum Gasteiger partial charge on any atom is -0.326 e. The zero-order chi connectivity index (χ0) is 19.5. The largest absolute Gasteiger partial charge is 0.417 e. The maximum atomic E-state index is 12.8. The van der Waals surface area contributed by atoms with Crippen LogP contribution in [0.5, 0.6) is 0 Å². The number of carbonyl (C=O) groups excluding carboxylic acids is 2. The van der Waals surface area contributed by atoms with Gasteiger partial charge in [-0.05, 0) is 55.3 Å². The Morgan fingerprint density at radius 2 is 1.46 bits per heavy atom. The summed E-state index contributed by atoms with van der Waals surface area (Å²) in [5, 5.41) is 4.36. The molecule has 0 heterocycles. The zero-order valence-electron chi connectivity index (χ0n) is 14.0. The van der Waals surface area contributed by atoms with Crippen molar-refractivity contribution in [1.82, 2.24) is 0 Å². The van der Waals surface area contributed by atoms with Crippen molar-refractivity contribution in [1.29, 1.82) is 0 Å². The first-order valence-electron chi connectivity index (χ1n) is 7.60. The van der Waals surface area contributed by atoms with Gasteiger partial charge in [0.1, 0.15) is 6.42 Å². The third-order valence-corrected chi connectivity index (χ3v) is 4.00. The van der Waals surface area contributed by atoms with E-state index in [-0.39, 0.29) is 5.69 Å². The number of nitrogens with one attached hydrogen (secondary N) is 2. The second-order valence-electron chi connectivity index (χ2n) is 5.76. The Balaban J connectivity index is 2.00. The maximum Gasteiger partial charge on any atom is 0.417 e. The summed E-state index contributed by atoms with van der Waals surface area (Å²) in [6, 6.07) is 8.29. The average Bonchev–Trinajstić information content (AvgIpc) is 2.51. The van der Waals surface area contributed by atoms with E-state index in [1.54, 1.807) is 12.1 Å². The number of hydrogen-bond donors (Lipinski definition) is 2.